The first-order valence-corrected chi connectivity index (χ1v) is 9.42. The van der Waals surface area contributed by atoms with Crippen molar-refractivity contribution in [1.82, 2.24) is 24.5 Å². The Morgan fingerprint density at radius 2 is 1.96 bits per heavy atom. The van der Waals surface area contributed by atoms with E-state index in [0.29, 0.717) is 17.8 Å². The molecule has 0 saturated heterocycles. The van der Waals surface area contributed by atoms with Crippen molar-refractivity contribution in [3.8, 4) is 5.69 Å². The predicted octanol–water partition coefficient (Wildman–Crippen LogP) is 4.17. The maximum atomic E-state index is 12.7. The molecule has 0 aliphatic heterocycles. The van der Waals surface area contributed by atoms with E-state index in [1.54, 1.807) is 11.6 Å². The fourth-order valence-electron chi connectivity index (χ4n) is 2.86. The number of carbonyl (C=O) groups is 1. The molecule has 136 valence electrons. The maximum absolute atomic E-state index is 12.7. The Morgan fingerprint density at radius 3 is 2.74 bits per heavy atom. The molecule has 1 amide bonds. The zero-order chi connectivity index (χ0) is 19.0. The van der Waals surface area contributed by atoms with Crippen LogP contribution in [0.3, 0.4) is 0 Å². The zero-order valence-corrected chi connectivity index (χ0v) is 16.7. The number of carbonyl (C=O) groups excluding carboxylic acids is 1. The number of aryl methyl sites for hydroxylation is 1. The maximum Gasteiger partial charge on any atom is 0.256 e. The second-order valence-electron chi connectivity index (χ2n) is 6.03. The normalized spacial score (nSPS) is 11.1. The van der Waals surface area contributed by atoms with E-state index in [2.05, 4.69) is 31.3 Å². The lowest BCUT2D eigenvalue weighted by Gasteiger charge is -2.04. The highest BCUT2D eigenvalue weighted by molar-refractivity contribution is 9.10. The van der Waals surface area contributed by atoms with Crippen LogP contribution < -0.4 is 5.32 Å². The van der Waals surface area contributed by atoms with Crippen LogP contribution in [0.1, 0.15) is 21.7 Å². The van der Waals surface area contributed by atoms with Crippen LogP contribution in [0.5, 0.6) is 0 Å². The summed E-state index contributed by atoms with van der Waals surface area (Å²) in [6.45, 7) is 2.06. The van der Waals surface area contributed by atoms with Crippen LogP contribution in [0.2, 0.25) is 5.15 Å². The van der Waals surface area contributed by atoms with Gasteiger partial charge in [-0.15, -0.1) is 0 Å². The van der Waals surface area contributed by atoms with E-state index in [1.165, 1.54) is 0 Å². The van der Waals surface area contributed by atoms with E-state index < -0.39 is 0 Å². The van der Waals surface area contributed by atoms with Gasteiger partial charge in [0.05, 0.1) is 29.2 Å². The molecule has 0 aliphatic carbocycles. The van der Waals surface area contributed by atoms with Gasteiger partial charge in [0.1, 0.15) is 10.8 Å². The molecule has 3 aromatic heterocycles. The van der Waals surface area contributed by atoms with Crippen molar-refractivity contribution in [3.63, 3.8) is 0 Å². The number of nitrogens with one attached hydrogen (secondary N) is 1. The average molecular weight is 445 g/mol. The minimum Gasteiger partial charge on any atom is -0.346 e. The van der Waals surface area contributed by atoms with Gasteiger partial charge in [0.15, 0.2) is 0 Å². The van der Waals surface area contributed by atoms with E-state index in [0.717, 1.165) is 21.5 Å². The van der Waals surface area contributed by atoms with E-state index in [1.807, 2.05) is 59.3 Å². The number of para-hydroxylation sites is 1. The summed E-state index contributed by atoms with van der Waals surface area (Å²) in [4.78, 5) is 17.2. The zero-order valence-electron chi connectivity index (χ0n) is 14.4. The SMILES string of the molecule is Cc1nn(-c2ccccc2)c(Cl)c1C(=O)NCc1cn2cc(Br)ccc2n1. The van der Waals surface area contributed by atoms with Gasteiger partial charge in [-0.1, -0.05) is 29.8 Å². The molecule has 4 rings (SSSR count). The molecule has 0 unspecified atom stereocenters. The third-order valence-electron chi connectivity index (χ3n) is 4.13. The van der Waals surface area contributed by atoms with Crippen LogP contribution in [0, 0.1) is 6.92 Å². The number of hydrogen-bond donors (Lipinski definition) is 1. The Hall–Kier alpha value is -2.64. The number of benzene rings is 1. The Balaban J connectivity index is 1.55. The van der Waals surface area contributed by atoms with Crippen molar-refractivity contribution in [2.45, 2.75) is 13.5 Å². The number of aromatic nitrogens is 4. The monoisotopic (exact) mass is 443 g/mol. The average Bonchev–Trinajstić information content (AvgIpc) is 3.20. The van der Waals surface area contributed by atoms with Gasteiger partial charge in [-0.05, 0) is 47.1 Å². The van der Waals surface area contributed by atoms with Crippen LogP contribution in [-0.2, 0) is 6.54 Å². The second-order valence-corrected chi connectivity index (χ2v) is 7.30. The summed E-state index contributed by atoms with van der Waals surface area (Å²) >= 11 is 9.87. The van der Waals surface area contributed by atoms with Crippen LogP contribution in [0.4, 0.5) is 0 Å². The summed E-state index contributed by atoms with van der Waals surface area (Å²) in [6.07, 6.45) is 3.79. The minimum atomic E-state index is -0.280. The Labute approximate surface area is 168 Å². The highest BCUT2D eigenvalue weighted by atomic mass is 79.9. The molecule has 8 heteroatoms. The first-order chi connectivity index (χ1) is 13.0. The topological polar surface area (TPSA) is 64.2 Å². The van der Waals surface area contributed by atoms with Crippen molar-refractivity contribution in [1.29, 1.82) is 0 Å². The number of nitrogens with zero attached hydrogens (tertiary/aromatic N) is 4. The van der Waals surface area contributed by atoms with Gasteiger partial charge >= 0.3 is 0 Å². The van der Waals surface area contributed by atoms with Crippen LogP contribution in [0.15, 0.2) is 59.3 Å². The Kier molecular flexibility index (Phi) is 4.72. The highest BCUT2D eigenvalue weighted by Gasteiger charge is 2.21. The van der Waals surface area contributed by atoms with Crippen molar-refractivity contribution in [2.24, 2.45) is 0 Å². The molecule has 0 bridgehead atoms. The number of imidazole rings is 1. The lowest BCUT2D eigenvalue weighted by atomic mass is 10.2. The van der Waals surface area contributed by atoms with Crippen molar-refractivity contribution < 1.29 is 4.79 Å². The van der Waals surface area contributed by atoms with Crippen molar-refractivity contribution in [3.05, 3.63) is 81.4 Å². The van der Waals surface area contributed by atoms with Gasteiger partial charge in [-0.25, -0.2) is 9.67 Å². The van der Waals surface area contributed by atoms with Crippen molar-refractivity contribution in [2.75, 3.05) is 0 Å². The summed E-state index contributed by atoms with van der Waals surface area (Å²) in [5, 5.41) is 7.56. The number of amides is 1. The lowest BCUT2D eigenvalue weighted by Crippen LogP contribution is -2.23. The largest absolute Gasteiger partial charge is 0.346 e. The standard InChI is InChI=1S/C19H15BrClN5O/c1-12-17(18(21)26(24-12)15-5-3-2-4-6-15)19(27)22-9-14-11-25-10-13(20)7-8-16(25)23-14/h2-8,10-11H,9H2,1H3,(H,22,27). The minimum absolute atomic E-state index is 0.280. The van der Waals surface area contributed by atoms with E-state index in [4.69, 9.17) is 11.6 Å². The fourth-order valence-corrected chi connectivity index (χ4v) is 3.57. The third kappa shape index (κ3) is 3.48. The van der Waals surface area contributed by atoms with Gasteiger partial charge in [0.2, 0.25) is 0 Å². The number of rotatable bonds is 4. The number of fused-ring (bicyclic) bond motifs is 1. The molecule has 0 radical (unpaired) electrons. The van der Waals surface area contributed by atoms with Gasteiger partial charge in [-0.2, -0.15) is 5.10 Å². The summed E-state index contributed by atoms with van der Waals surface area (Å²) in [5.74, 6) is -0.280. The third-order valence-corrected chi connectivity index (χ3v) is 4.94. The number of halogens is 2. The van der Waals surface area contributed by atoms with Crippen molar-refractivity contribution >= 4 is 39.1 Å². The van der Waals surface area contributed by atoms with Gasteiger partial charge in [-0.3, -0.25) is 4.79 Å². The molecule has 27 heavy (non-hydrogen) atoms. The van der Waals surface area contributed by atoms with Gasteiger partial charge in [0.25, 0.3) is 5.91 Å². The molecule has 6 nitrogen and oxygen atoms in total. The van der Waals surface area contributed by atoms with E-state index >= 15 is 0 Å². The molecule has 1 N–H and O–H groups in total. The number of pyridine rings is 1. The molecule has 3 heterocycles. The summed E-state index contributed by atoms with van der Waals surface area (Å²) in [6, 6.07) is 13.3. The molecule has 1 aromatic carbocycles. The molecular weight excluding hydrogens is 430 g/mol. The second kappa shape index (κ2) is 7.17. The summed E-state index contributed by atoms with van der Waals surface area (Å²) < 4.78 is 4.42. The Morgan fingerprint density at radius 1 is 1.19 bits per heavy atom. The fraction of sp³-hybridized carbons (Fsp3) is 0.105. The van der Waals surface area contributed by atoms with Gasteiger partial charge in [0, 0.05) is 16.9 Å². The molecule has 0 atom stereocenters. The van der Waals surface area contributed by atoms with Crippen LogP contribution in [0.25, 0.3) is 11.3 Å². The molecule has 0 saturated carbocycles. The van der Waals surface area contributed by atoms with E-state index in [9.17, 15) is 4.79 Å². The molecule has 0 aliphatic rings. The molecule has 0 spiro atoms. The highest BCUT2D eigenvalue weighted by Crippen LogP contribution is 2.23. The molecule has 4 aromatic rings. The Bertz CT molecular complexity index is 1140. The summed E-state index contributed by atoms with van der Waals surface area (Å²) in [5.41, 5.74) is 3.31. The van der Waals surface area contributed by atoms with E-state index in [-0.39, 0.29) is 11.1 Å². The molecule has 0 fully saturated rings. The summed E-state index contributed by atoms with van der Waals surface area (Å²) in [7, 11) is 0. The smallest absolute Gasteiger partial charge is 0.256 e. The quantitative estimate of drug-likeness (QED) is 0.514. The number of hydrogen-bond acceptors (Lipinski definition) is 3. The van der Waals surface area contributed by atoms with Crippen LogP contribution in [-0.4, -0.2) is 25.1 Å². The lowest BCUT2D eigenvalue weighted by molar-refractivity contribution is 0.0950. The predicted molar refractivity (Wildman–Crippen MR) is 107 cm³/mol. The molecular formula is C19H15BrClN5O. The first kappa shape index (κ1) is 17.8. The van der Waals surface area contributed by atoms with Gasteiger partial charge < -0.3 is 9.72 Å². The first-order valence-electron chi connectivity index (χ1n) is 8.25. The van der Waals surface area contributed by atoms with Crippen LogP contribution >= 0.6 is 27.5 Å².